The Kier molecular flexibility index (Phi) is 11.5. The van der Waals surface area contributed by atoms with Gasteiger partial charge in [-0.1, -0.05) is 90.2 Å². The molecule has 0 unspecified atom stereocenters. The Morgan fingerprint density at radius 2 is 0.732 bits per heavy atom. The molecule has 5 nitrogen and oxygen atoms in total. The molecule has 0 radical (unpaired) electrons. The van der Waals surface area contributed by atoms with Crippen LogP contribution in [0.2, 0.25) is 0 Å². The van der Waals surface area contributed by atoms with Gasteiger partial charge in [-0.15, -0.1) is 0 Å². The van der Waals surface area contributed by atoms with Gasteiger partial charge in [0, 0.05) is 83.0 Å². The fraction of sp³-hybridized carbons (Fsp3) is 0.286. The summed E-state index contributed by atoms with van der Waals surface area (Å²) in [5.41, 5.74) is 14.7. The van der Waals surface area contributed by atoms with Crippen molar-refractivity contribution in [3.05, 3.63) is 265 Å². The van der Waals surface area contributed by atoms with E-state index in [1.54, 1.807) is 119 Å². The lowest BCUT2D eigenvalue weighted by molar-refractivity contribution is -0.660. The maximum Gasteiger partial charge on any atom is 0.215 e. The number of aromatic nitrogens is 5. The first-order valence-corrected chi connectivity index (χ1v) is 26.6. The van der Waals surface area contributed by atoms with Crippen molar-refractivity contribution in [1.82, 2.24) is 0 Å². The number of rotatable bonds is 5. The molecule has 0 aliphatic heterocycles. The van der Waals surface area contributed by atoms with E-state index in [0.717, 1.165) is 33.5 Å². The number of aryl methyl sites for hydroxylation is 3. The highest BCUT2D eigenvalue weighted by Gasteiger charge is 2.20. The zero-order valence-electron chi connectivity index (χ0n) is 80.1. The topological polar surface area (TPSA) is 19.4 Å². The lowest BCUT2D eigenvalue weighted by Gasteiger charge is -2.09. The minimum atomic E-state index is -2.48. The van der Waals surface area contributed by atoms with E-state index in [9.17, 15) is 0 Å². The number of pyridine rings is 5. The minimum Gasteiger partial charge on any atom is -0.201 e. The third-order valence-electron chi connectivity index (χ3n) is 13.9. The minimum absolute atomic E-state index is 0.00904. The predicted molar refractivity (Wildman–Crippen MR) is 346 cm³/mol. The van der Waals surface area contributed by atoms with Gasteiger partial charge >= 0.3 is 0 Å². The van der Waals surface area contributed by atoms with Crippen molar-refractivity contribution < 1.29 is 62.6 Å². The summed E-state index contributed by atoms with van der Waals surface area (Å²) in [6, 6.07) is 7.47. The van der Waals surface area contributed by atoms with Gasteiger partial charge in [-0.25, -0.2) is 22.8 Å². The molecule has 0 saturated heterocycles. The SMILES string of the molecule is [2H]c1c(C)c(C([2H])([2H])[2H])c([2H])[n+](C)c1-c1ccc(C([2H])([2H])[2H])cc1C.[2H]c1c([2H])c(C)c(-c2c([2H])c(C)c(C)c([2H])[n+]2C)c(C)c1[2H].[2H]c1c([2H])c(C)c(-c2ccc(C)c([2H])[n+]2C)c(C)c1[2H].[2H]c1c([2H])c([2H])c(-c2c(C)c(C)c([2H])c([2H])[n+]2C)c(C)c1[2H].[2H]c1c([2H])c([2H])c(-c2c([2H])c(C)c(C)c([2H])[n+]2C)c(C)c1[2H]. The van der Waals surface area contributed by atoms with Gasteiger partial charge in [-0.3, -0.25) is 0 Å². The monoisotopic (exact) mass is 1120 g/mol. The molecule has 0 atom stereocenters. The normalized spacial score (nSPS) is 15.9. The molecule has 0 bridgehead atoms. The van der Waals surface area contributed by atoms with Gasteiger partial charge in [0.05, 0.1) is 35.8 Å². The van der Waals surface area contributed by atoms with E-state index >= 15 is 0 Å². The number of hydrogen-bond acceptors (Lipinski definition) is 0. The molecule has 5 aromatic heterocycles. The van der Waals surface area contributed by atoms with Crippen molar-refractivity contribution in [1.29, 1.82) is 0 Å². The average Bonchev–Trinajstić information content (AvgIpc) is 0.757. The van der Waals surface area contributed by atoms with Crippen molar-refractivity contribution >= 4 is 0 Å². The summed E-state index contributed by atoms with van der Waals surface area (Å²) in [6.45, 7) is 21.5. The van der Waals surface area contributed by atoms with E-state index < -0.39 is 13.7 Å². The molecule has 10 aromatic rings. The zero-order chi connectivity index (χ0) is 85.3. The molecule has 0 fully saturated rings. The Labute approximate surface area is 535 Å². The molecule has 0 spiro atoms. The van der Waals surface area contributed by atoms with Crippen LogP contribution in [0.25, 0.3) is 56.3 Å². The summed E-state index contributed by atoms with van der Waals surface area (Å²) < 4.78 is 238. The van der Waals surface area contributed by atoms with Crippen LogP contribution < -0.4 is 22.8 Å². The van der Waals surface area contributed by atoms with Crippen LogP contribution in [0, 0.1) is 118 Å². The lowest BCUT2D eigenvalue weighted by atomic mass is 9.97. The fourth-order valence-corrected chi connectivity index (χ4v) is 9.01. The number of benzene rings is 5. The van der Waals surface area contributed by atoms with Gasteiger partial charge < -0.3 is 0 Å². The summed E-state index contributed by atoms with van der Waals surface area (Å²) >= 11 is 0. The van der Waals surface area contributed by atoms with Crippen LogP contribution in [0.5, 0.6) is 0 Å². The van der Waals surface area contributed by atoms with E-state index in [4.69, 9.17) is 39.8 Å². The molecule has 82 heavy (non-hydrogen) atoms. The maximum absolute atomic E-state index is 8.43. The number of hydrogen-bond donors (Lipinski definition) is 0. The average molecular weight is 1120 g/mol. The first kappa shape index (κ1) is 33.7. The highest BCUT2D eigenvalue weighted by atomic mass is 14.9. The van der Waals surface area contributed by atoms with E-state index in [1.807, 2.05) is 46.9 Å². The molecular formula is C77H94N5+5. The summed E-state index contributed by atoms with van der Waals surface area (Å²) in [4.78, 5) is 0. The molecule has 5 aromatic carbocycles. The molecule has 5 heterocycles. The third-order valence-corrected chi connectivity index (χ3v) is 13.9. The highest BCUT2D eigenvalue weighted by Crippen LogP contribution is 2.28. The van der Waals surface area contributed by atoms with Crippen molar-refractivity contribution in [2.75, 3.05) is 0 Å². The number of nitrogens with zero attached hydrogens (tertiary/aromatic N) is 5. The molecule has 5 heteroatoms. The van der Waals surface area contributed by atoms with Gasteiger partial charge in [-0.2, -0.15) is 0 Å². The summed E-state index contributed by atoms with van der Waals surface area (Å²) in [5.74, 6) is 0. The Morgan fingerprint density at radius 3 is 1.27 bits per heavy atom. The van der Waals surface area contributed by atoms with Crippen LogP contribution in [0.15, 0.2) is 170 Å². The van der Waals surface area contributed by atoms with Crippen LogP contribution in [-0.4, -0.2) is 0 Å². The second-order valence-electron chi connectivity index (χ2n) is 20.4. The van der Waals surface area contributed by atoms with Crippen LogP contribution >= 0.6 is 0 Å². The van der Waals surface area contributed by atoms with Gasteiger partial charge in [0.15, 0.2) is 30.9 Å². The van der Waals surface area contributed by atoms with Crippen LogP contribution in [0.4, 0.5) is 0 Å². The van der Waals surface area contributed by atoms with Gasteiger partial charge in [-0.05, 0) is 203 Å². The standard InChI is InChI=1S/2C16H20N.3C15H18N/c1-11-6-7-15(13(3)8-11)16-9-12(2)14(4)10-17(16)5;1-11-7-6-8-12(2)16(11)15-9-13(3)14(4)10-17(15)5;1-11-8-9-14(16(4)10-11)15-12(2)6-5-7-13(15)3;1-11-7-5-6-8-14(11)15-9-12(2)13(3)10-16(15)4;1-11-9-10-16(4)15(13(11)3)14-8-6-5-7-12(14)2/h2*6-10H,1-5H3;3*5-10H,1-4H3/q5*+1/i1D3,4D3,9D,10D;6D,7D,8D,9D,10D;5D,6D,7D,10D;2*5D,6D,7D,8D,9D,10D. The largest absolute Gasteiger partial charge is 0.215 e. The third kappa shape index (κ3) is 15.4. The van der Waals surface area contributed by atoms with E-state index in [-0.39, 0.29) is 143 Å². The smallest absolute Gasteiger partial charge is 0.201 e. The molecule has 422 valence electrons. The van der Waals surface area contributed by atoms with Gasteiger partial charge in [0.2, 0.25) is 28.5 Å². The molecule has 0 aliphatic rings. The summed E-state index contributed by atoms with van der Waals surface area (Å²) in [6.07, 6.45) is 0.799. The molecule has 0 amide bonds. The van der Waals surface area contributed by atoms with Gasteiger partial charge in [0.25, 0.3) is 0 Å². The second-order valence-corrected chi connectivity index (χ2v) is 20.4. The summed E-state index contributed by atoms with van der Waals surface area (Å²) in [7, 11) is 8.36. The fourth-order valence-electron chi connectivity index (χ4n) is 9.01. The van der Waals surface area contributed by atoms with Crippen molar-refractivity contribution in [3.8, 4) is 56.3 Å². The lowest BCUT2D eigenvalue weighted by Crippen LogP contribution is -2.31. The van der Waals surface area contributed by atoms with Crippen molar-refractivity contribution in [2.45, 2.75) is 118 Å². The summed E-state index contributed by atoms with van der Waals surface area (Å²) in [5, 5.41) is 0. The molecule has 0 N–H and O–H groups in total. The van der Waals surface area contributed by atoms with Crippen molar-refractivity contribution in [2.24, 2.45) is 35.2 Å². The quantitative estimate of drug-likeness (QED) is 0.153. The Hall–Kier alpha value is -8.15. The Balaban J connectivity index is 0.000000217. The Morgan fingerprint density at radius 1 is 0.305 bits per heavy atom. The highest BCUT2D eigenvalue weighted by molar-refractivity contribution is 5.68. The molecule has 0 aliphatic carbocycles. The van der Waals surface area contributed by atoms with Crippen LogP contribution in [0.3, 0.4) is 0 Å². The van der Waals surface area contributed by atoms with Crippen LogP contribution in [-0.2, 0) is 35.2 Å². The van der Waals surface area contributed by atoms with Crippen LogP contribution in [0.1, 0.15) is 134 Å². The first-order valence-electron chi connectivity index (χ1n) is 41.1. The zero-order valence-corrected chi connectivity index (χ0v) is 51.1. The Bertz CT molecular complexity index is 4730. The first-order chi connectivity index (χ1) is 50.9. The molecule has 10 rings (SSSR count). The predicted octanol–water partition coefficient (Wildman–Crippen LogP) is 16.1. The van der Waals surface area contributed by atoms with E-state index in [2.05, 4.69) is 0 Å². The van der Waals surface area contributed by atoms with Gasteiger partial charge in [0.1, 0.15) is 42.1 Å². The molecular weight excluding hydrogens is 995 g/mol. The van der Waals surface area contributed by atoms with Crippen molar-refractivity contribution in [3.63, 3.8) is 0 Å². The van der Waals surface area contributed by atoms with E-state index in [0.29, 0.717) is 113 Å². The second kappa shape index (κ2) is 28.0. The maximum atomic E-state index is 8.43. The van der Waals surface area contributed by atoms with E-state index in [1.165, 1.54) is 26.7 Å². The molecule has 0 saturated carbocycles.